The lowest BCUT2D eigenvalue weighted by Crippen LogP contribution is -2.40. The molecular formula is C14H22F2N2O3S. The quantitative estimate of drug-likeness (QED) is 0.776. The molecule has 0 spiro atoms. The van der Waals surface area contributed by atoms with Crippen LogP contribution in [0.2, 0.25) is 0 Å². The van der Waals surface area contributed by atoms with Crippen LogP contribution in [0.4, 0.5) is 8.78 Å². The number of rotatable bonds is 7. The first kappa shape index (κ1) is 18.9. The summed E-state index contributed by atoms with van der Waals surface area (Å²) >= 11 is -1.24. The monoisotopic (exact) mass is 336 g/mol. The van der Waals surface area contributed by atoms with Crippen LogP contribution in [0.15, 0.2) is 12.3 Å². The smallest absolute Gasteiger partial charge is 0.272 e. The first-order valence-electron chi connectivity index (χ1n) is 6.78. The van der Waals surface area contributed by atoms with Crippen LogP contribution >= 0.6 is 0 Å². The van der Waals surface area contributed by atoms with Crippen LogP contribution in [0.3, 0.4) is 0 Å². The minimum atomic E-state index is -2.58. The Kier molecular flexibility index (Phi) is 6.83. The van der Waals surface area contributed by atoms with E-state index < -0.39 is 29.1 Å². The lowest BCUT2D eigenvalue weighted by atomic mass is 10.1. The van der Waals surface area contributed by atoms with E-state index in [-0.39, 0.29) is 17.7 Å². The minimum absolute atomic E-state index is 0.00990. The molecule has 5 nitrogen and oxygen atoms in total. The standard InChI is InChI=1S/C14H22F2N2O3S/c1-9(18-22(19)14(2,3)4)10-6-11(20-5)13(17-7-10)21-8-12(15)16/h6-7,9,12,18H,8H2,1-5H3/t9-,22-/m1/s1. The molecule has 1 aromatic heterocycles. The van der Waals surface area contributed by atoms with Gasteiger partial charge in [-0.3, -0.25) is 0 Å². The highest BCUT2D eigenvalue weighted by molar-refractivity contribution is 7.90. The number of hydrogen-bond acceptors (Lipinski definition) is 5. The molecule has 0 aromatic carbocycles. The first-order chi connectivity index (χ1) is 10.1. The molecule has 22 heavy (non-hydrogen) atoms. The highest BCUT2D eigenvalue weighted by Crippen LogP contribution is 2.28. The van der Waals surface area contributed by atoms with Gasteiger partial charge in [-0.1, -0.05) is 0 Å². The molecule has 0 amide bonds. The summed E-state index contributed by atoms with van der Waals surface area (Å²) in [6, 6.07) is 1.39. The summed E-state index contributed by atoms with van der Waals surface area (Å²) in [6.07, 6.45) is -1.10. The van der Waals surface area contributed by atoms with Crippen molar-refractivity contribution in [1.82, 2.24) is 9.71 Å². The lowest BCUT2D eigenvalue weighted by molar-refractivity contribution is 0.0779. The van der Waals surface area contributed by atoms with E-state index in [1.807, 2.05) is 27.7 Å². The van der Waals surface area contributed by atoms with Gasteiger partial charge in [0.1, 0.15) is 4.75 Å². The molecule has 1 aromatic rings. The van der Waals surface area contributed by atoms with E-state index in [9.17, 15) is 13.3 Å². The zero-order valence-corrected chi connectivity index (χ0v) is 14.2. The van der Waals surface area contributed by atoms with E-state index in [4.69, 9.17) is 9.47 Å². The fourth-order valence-electron chi connectivity index (χ4n) is 1.49. The molecule has 0 unspecified atom stereocenters. The number of aromatic nitrogens is 1. The van der Waals surface area contributed by atoms with Gasteiger partial charge >= 0.3 is 0 Å². The Bertz CT molecular complexity index is 484. The molecule has 1 rings (SSSR count). The van der Waals surface area contributed by atoms with Gasteiger partial charge in [0, 0.05) is 17.6 Å². The summed E-state index contributed by atoms with van der Waals surface area (Å²) in [5, 5.41) is 0. The molecule has 0 aliphatic rings. The largest absolute Gasteiger partial charge is 0.598 e. The Hall–Kier alpha value is -1.12. The van der Waals surface area contributed by atoms with Crippen LogP contribution in [0.25, 0.3) is 0 Å². The van der Waals surface area contributed by atoms with Crippen molar-refractivity contribution in [3.05, 3.63) is 17.8 Å². The number of alkyl halides is 2. The average Bonchev–Trinajstić information content (AvgIpc) is 2.43. The van der Waals surface area contributed by atoms with Gasteiger partial charge in [-0.05, 0) is 39.3 Å². The summed E-state index contributed by atoms with van der Waals surface area (Å²) in [7, 11) is 1.40. The third kappa shape index (κ3) is 5.58. The predicted molar refractivity (Wildman–Crippen MR) is 81.7 cm³/mol. The highest BCUT2D eigenvalue weighted by atomic mass is 32.2. The number of nitrogens with one attached hydrogen (secondary N) is 1. The van der Waals surface area contributed by atoms with Crippen LogP contribution < -0.4 is 14.2 Å². The summed E-state index contributed by atoms with van der Waals surface area (Å²) in [5.74, 6) is 0.268. The van der Waals surface area contributed by atoms with E-state index in [1.54, 1.807) is 6.07 Å². The Morgan fingerprint density at radius 2 is 2.05 bits per heavy atom. The Morgan fingerprint density at radius 1 is 1.41 bits per heavy atom. The Balaban J connectivity index is 2.83. The normalized spacial score (nSPS) is 14.8. The minimum Gasteiger partial charge on any atom is -0.598 e. The lowest BCUT2D eigenvalue weighted by Gasteiger charge is -2.26. The molecule has 0 saturated heterocycles. The van der Waals surface area contributed by atoms with Gasteiger partial charge in [-0.25, -0.2) is 13.8 Å². The van der Waals surface area contributed by atoms with Crippen molar-refractivity contribution >= 4 is 11.4 Å². The van der Waals surface area contributed by atoms with Gasteiger partial charge in [-0.15, -0.1) is 4.72 Å². The zero-order chi connectivity index (χ0) is 16.9. The average molecular weight is 336 g/mol. The number of nitrogens with zero attached hydrogens (tertiary/aromatic N) is 1. The number of halogens is 2. The van der Waals surface area contributed by atoms with Gasteiger partial charge in [0.05, 0.1) is 13.2 Å². The van der Waals surface area contributed by atoms with E-state index in [2.05, 4.69) is 9.71 Å². The maximum atomic E-state index is 12.2. The molecule has 126 valence electrons. The van der Waals surface area contributed by atoms with Crippen LogP contribution in [0.5, 0.6) is 11.6 Å². The maximum absolute atomic E-state index is 12.2. The third-order valence-electron chi connectivity index (χ3n) is 2.75. The molecule has 0 fully saturated rings. The number of hydrogen-bond donors (Lipinski definition) is 1. The molecule has 2 atom stereocenters. The predicted octanol–water partition coefficient (Wildman–Crippen LogP) is 2.85. The first-order valence-corrected chi connectivity index (χ1v) is 7.93. The zero-order valence-electron chi connectivity index (χ0n) is 13.4. The second-order valence-electron chi connectivity index (χ2n) is 5.70. The molecule has 8 heteroatoms. The van der Waals surface area contributed by atoms with Crippen LogP contribution in [-0.4, -0.2) is 34.4 Å². The maximum Gasteiger partial charge on any atom is 0.272 e. The number of ether oxygens (including phenoxy) is 2. The molecule has 1 N–H and O–H groups in total. The van der Waals surface area contributed by atoms with Gasteiger partial charge in [0.2, 0.25) is 0 Å². The second kappa shape index (κ2) is 7.94. The summed E-state index contributed by atoms with van der Waals surface area (Å²) < 4.78 is 49.0. The van der Waals surface area contributed by atoms with Crippen molar-refractivity contribution in [3.8, 4) is 11.6 Å². The van der Waals surface area contributed by atoms with Crippen molar-refractivity contribution in [2.75, 3.05) is 13.7 Å². The molecule has 0 bridgehead atoms. The van der Waals surface area contributed by atoms with E-state index >= 15 is 0 Å². The molecule has 0 aliphatic heterocycles. The number of pyridine rings is 1. The van der Waals surface area contributed by atoms with Crippen LogP contribution in [0.1, 0.15) is 39.3 Å². The van der Waals surface area contributed by atoms with Gasteiger partial charge in [0.15, 0.2) is 12.4 Å². The second-order valence-corrected chi connectivity index (χ2v) is 7.70. The van der Waals surface area contributed by atoms with Crippen molar-refractivity contribution < 1.29 is 22.8 Å². The van der Waals surface area contributed by atoms with Crippen molar-refractivity contribution in [3.63, 3.8) is 0 Å². The van der Waals surface area contributed by atoms with E-state index in [0.29, 0.717) is 0 Å². The van der Waals surface area contributed by atoms with Crippen LogP contribution in [-0.2, 0) is 11.4 Å². The molecule has 0 radical (unpaired) electrons. The van der Waals surface area contributed by atoms with E-state index in [0.717, 1.165) is 5.56 Å². The molecule has 1 heterocycles. The Morgan fingerprint density at radius 3 is 2.55 bits per heavy atom. The van der Waals surface area contributed by atoms with Crippen molar-refractivity contribution in [2.24, 2.45) is 0 Å². The van der Waals surface area contributed by atoms with Gasteiger partial charge < -0.3 is 14.0 Å². The van der Waals surface area contributed by atoms with Crippen molar-refractivity contribution in [2.45, 2.75) is 44.9 Å². The summed E-state index contributed by atoms with van der Waals surface area (Å²) in [4.78, 5) is 3.99. The molecular weight excluding hydrogens is 314 g/mol. The molecule has 0 saturated carbocycles. The van der Waals surface area contributed by atoms with Crippen LogP contribution in [0, 0.1) is 0 Å². The molecule has 0 aliphatic carbocycles. The summed E-state index contributed by atoms with van der Waals surface area (Å²) in [6.45, 7) is 6.68. The third-order valence-corrected chi connectivity index (χ3v) is 4.43. The highest BCUT2D eigenvalue weighted by Gasteiger charge is 2.28. The van der Waals surface area contributed by atoms with E-state index in [1.165, 1.54) is 13.3 Å². The Labute approximate surface area is 132 Å². The van der Waals surface area contributed by atoms with Gasteiger partial charge in [0.25, 0.3) is 12.3 Å². The van der Waals surface area contributed by atoms with Gasteiger partial charge in [-0.2, -0.15) is 0 Å². The fraction of sp³-hybridized carbons (Fsp3) is 0.643. The fourth-order valence-corrected chi connectivity index (χ4v) is 2.30. The topological polar surface area (TPSA) is 66.4 Å². The SMILES string of the molecule is COc1cc([C@@H](C)N[S@+]([O-])C(C)(C)C)cnc1OCC(F)F. The number of methoxy groups -OCH3 is 1. The van der Waals surface area contributed by atoms with Crippen molar-refractivity contribution in [1.29, 1.82) is 0 Å². The summed E-state index contributed by atoms with van der Waals surface area (Å²) in [5.41, 5.74) is 0.721.